The van der Waals surface area contributed by atoms with Gasteiger partial charge in [-0.05, 0) is 56.8 Å². The van der Waals surface area contributed by atoms with Crippen LogP contribution in [-0.4, -0.2) is 24.0 Å². The highest BCUT2D eigenvalue weighted by atomic mass is 35.5. The summed E-state index contributed by atoms with van der Waals surface area (Å²) in [6.07, 6.45) is 5.54. The smallest absolute Gasteiger partial charge is 0.253 e. The number of hydrogen-bond donors (Lipinski definition) is 2. The van der Waals surface area contributed by atoms with Crippen LogP contribution in [0.2, 0.25) is 5.02 Å². The van der Waals surface area contributed by atoms with Gasteiger partial charge < -0.3 is 10.6 Å². The Hall–Kier alpha value is -1.13. The zero-order valence-corrected chi connectivity index (χ0v) is 12.0. The van der Waals surface area contributed by atoms with Crippen LogP contribution in [-0.2, 0) is 0 Å². The van der Waals surface area contributed by atoms with Crippen molar-refractivity contribution in [2.24, 2.45) is 0 Å². The number of nitrogens with one attached hydrogen (secondary N) is 2. The van der Waals surface area contributed by atoms with Crippen molar-refractivity contribution in [1.29, 1.82) is 0 Å². The van der Waals surface area contributed by atoms with E-state index in [1.54, 1.807) is 0 Å². The monoisotopic (exact) mass is 296 g/mol. The Labute approximate surface area is 122 Å². The van der Waals surface area contributed by atoms with Gasteiger partial charge in [0.1, 0.15) is 5.82 Å². The van der Waals surface area contributed by atoms with Gasteiger partial charge in [-0.3, -0.25) is 4.79 Å². The third kappa shape index (κ3) is 2.67. The molecule has 1 aromatic rings. The van der Waals surface area contributed by atoms with Gasteiger partial charge >= 0.3 is 0 Å². The topological polar surface area (TPSA) is 41.1 Å². The number of carbonyl (C=O) groups excluding carboxylic acids is 1. The molecule has 3 nitrogen and oxygen atoms in total. The summed E-state index contributed by atoms with van der Waals surface area (Å²) in [5.74, 6) is -0.641. The molecule has 1 aromatic carbocycles. The van der Waals surface area contributed by atoms with Gasteiger partial charge in [-0.2, -0.15) is 0 Å². The first-order chi connectivity index (χ1) is 9.58. The third-order valence-corrected chi connectivity index (χ3v) is 4.76. The molecule has 1 aliphatic heterocycles. The molecule has 1 amide bonds. The van der Waals surface area contributed by atoms with Crippen LogP contribution in [0.25, 0.3) is 0 Å². The summed E-state index contributed by atoms with van der Waals surface area (Å²) in [4.78, 5) is 12.2. The van der Waals surface area contributed by atoms with Gasteiger partial charge in [0.25, 0.3) is 5.91 Å². The number of carbonyl (C=O) groups is 1. The van der Waals surface area contributed by atoms with Crippen LogP contribution in [0.5, 0.6) is 0 Å². The number of rotatable bonds is 2. The van der Waals surface area contributed by atoms with E-state index in [2.05, 4.69) is 10.6 Å². The summed E-state index contributed by atoms with van der Waals surface area (Å²) in [5.41, 5.74) is 0.581. The number of amides is 1. The summed E-state index contributed by atoms with van der Waals surface area (Å²) < 4.78 is 13.0. The van der Waals surface area contributed by atoms with Crippen LogP contribution < -0.4 is 10.6 Å². The Morgan fingerprint density at radius 1 is 1.45 bits per heavy atom. The van der Waals surface area contributed by atoms with Crippen LogP contribution >= 0.6 is 11.6 Å². The molecule has 1 aliphatic carbocycles. The van der Waals surface area contributed by atoms with Crippen LogP contribution in [0, 0.1) is 5.82 Å². The lowest BCUT2D eigenvalue weighted by molar-refractivity contribution is 0.0853. The quantitative estimate of drug-likeness (QED) is 0.881. The fourth-order valence-electron chi connectivity index (χ4n) is 3.20. The molecular weight excluding hydrogens is 279 g/mol. The molecule has 0 aromatic heterocycles. The first kappa shape index (κ1) is 13.8. The largest absolute Gasteiger partial charge is 0.349 e. The molecule has 0 radical (unpaired) electrons. The van der Waals surface area contributed by atoms with E-state index >= 15 is 0 Å². The van der Waals surface area contributed by atoms with Crippen molar-refractivity contribution in [3.05, 3.63) is 34.6 Å². The van der Waals surface area contributed by atoms with Crippen LogP contribution in [0.3, 0.4) is 0 Å². The van der Waals surface area contributed by atoms with E-state index in [0.717, 1.165) is 19.4 Å². The van der Waals surface area contributed by atoms with Crippen molar-refractivity contribution in [2.45, 2.75) is 43.7 Å². The molecule has 2 aliphatic rings. The summed E-state index contributed by atoms with van der Waals surface area (Å²) in [7, 11) is 0. The van der Waals surface area contributed by atoms with Gasteiger partial charge in [-0.15, -0.1) is 0 Å². The Bertz CT molecular complexity index is 531. The van der Waals surface area contributed by atoms with Gasteiger partial charge in [-0.25, -0.2) is 4.39 Å². The molecule has 1 saturated heterocycles. The first-order valence-corrected chi connectivity index (χ1v) is 7.47. The molecule has 1 heterocycles. The van der Waals surface area contributed by atoms with Crippen LogP contribution in [0.15, 0.2) is 18.2 Å². The molecule has 20 heavy (non-hydrogen) atoms. The highest BCUT2D eigenvalue weighted by Crippen LogP contribution is 2.38. The van der Waals surface area contributed by atoms with Gasteiger partial charge in [0.05, 0.1) is 10.6 Å². The molecule has 2 fully saturated rings. The maximum absolute atomic E-state index is 13.0. The van der Waals surface area contributed by atoms with Crippen LogP contribution in [0.1, 0.15) is 42.5 Å². The van der Waals surface area contributed by atoms with E-state index < -0.39 is 5.82 Å². The SMILES string of the molecule is O=C(NC1CCNC2(CCC2)C1)c1ccc(F)cc1Cl. The third-order valence-electron chi connectivity index (χ3n) is 4.45. The van der Waals surface area contributed by atoms with Gasteiger partial charge in [-0.1, -0.05) is 11.6 Å². The Kier molecular flexibility index (Phi) is 3.69. The van der Waals surface area contributed by atoms with Crippen LogP contribution in [0.4, 0.5) is 4.39 Å². The lowest BCUT2D eigenvalue weighted by Gasteiger charge is -2.48. The Morgan fingerprint density at radius 2 is 2.25 bits per heavy atom. The zero-order valence-electron chi connectivity index (χ0n) is 11.2. The summed E-state index contributed by atoms with van der Waals surface area (Å²) in [6, 6.07) is 4.04. The molecule has 1 spiro atoms. The molecule has 2 N–H and O–H groups in total. The zero-order chi connectivity index (χ0) is 14.2. The van der Waals surface area contributed by atoms with Gasteiger partial charge in [0.2, 0.25) is 0 Å². The second kappa shape index (κ2) is 5.34. The Balaban J connectivity index is 1.66. The van der Waals surface area contributed by atoms with Crippen molar-refractivity contribution in [1.82, 2.24) is 10.6 Å². The fraction of sp³-hybridized carbons (Fsp3) is 0.533. The number of piperidine rings is 1. The maximum Gasteiger partial charge on any atom is 0.253 e. The van der Waals surface area contributed by atoms with Crippen molar-refractivity contribution in [3.63, 3.8) is 0 Å². The molecule has 5 heteroatoms. The summed E-state index contributed by atoms with van der Waals surface area (Å²) in [6.45, 7) is 0.933. The van der Waals surface area contributed by atoms with Crippen molar-refractivity contribution < 1.29 is 9.18 Å². The van der Waals surface area contributed by atoms with E-state index in [-0.39, 0.29) is 22.5 Å². The van der Waals surface area contributed by atoms with Gasteiger partial charge in [0.15, 0.2) is 0 Å². The second-order valence-corrected chi connectivity index (χ2v) is 6.26. The minimum absolute atomic E-state index is 0.162. The summed E-state index contributed by atoms with van der Waals surface area (Å²) in [5, 5.41) is 6.76. The predicted molar refractivity (Wildman–Crippen MR) is 76.5 cm³/mol. The minimum atomic E-state index is -0.429. The molecular formula is C15H18ClFN2O. The molecule has 1 unspecified atom stereocenters. The fourth-order valence-corrected chi connectivity index (χ4v) is 3.45. The van der Waals surface area contributed by atoms with E-state index in [1.165, 1.54) is 37.5 Å². The highest BCUT2D eigenvalue weighted by molar-refractivity contribution is 6.33. The standard InChI is InChI=1S/C15H18ClFN2O/c16-13-8-10(17)2-3-12(13)14(20)19-11-4-7-18-15(9-11)5-1-6-15/h2-3,8,11,18H,1,4-7,9H2,(H,19,20). The Morgan fingerprint density at radius 3 is 2.90 bits per heavy atom. The average Bonchev–Trinajstić information content (AvgIpc) is 2.37. The lowest BCUT2D eigenvalue weighted by atomic mass is 9.70. The second-order valence-electron chi connectivity index (χ2n) is 5.85. The molecule has 0 bridgehead atoms. The number of halogens is 2. The lowest BCUT2D eigenvalue weighted by Crippen LogP contribution is -2.59. The minimum Gasteiger partial charge on any atom is -0.349 e. The highest BCUT2D eigenvalue weighted by Gasteiger charge is 2.41. The van der Waals surface area contributed by atoms with Gasteiger partial charge in [0, 0.05) is 11.6 Å². The number of benzene rings is 1. The normalized spacial score (nSPS) is 24.2. The van der Waals surface area contributed by atoms with Crippen molar-refractivity contribution in [2.75, 3.05) is 6.54 Å². The predicted octanol–water partition coefficient (Wildman–Crippen LogP) is 2.88. The molecule has 108 valence electrons. The van der Waals surface area contributed by atoms with E-state index in [0.29, 0.717) is 5.56 Å². The maximum atomic E-state index is 13.0. The molecule has 1 saturated carbocycles. The van der Waals surface area contributed by atoms with Crippen molar-refractivity contribution >= 4 is 17.5 Å². The van der Waals surface area contributed by atoms with Crippen molar-refractivity contribution in [3.8, 4) is 0 Å². The first-order valence-electron chi connectivity index (χ1n) is 7.09. The van der Waals surface area contributed by atoms with E-state index in [1.807, 2.05) is 0 Å². The molecule has 3 rings (SSSR count). The molecule has 1 atom stereocenters. The summed E-state index contributed by atoms with van der Waals surface area (Å²) >= 11 is 5.92. The number of hydrogen-bond acceptors (Lipinski definition) is 2. The average molecular weight is 297 g/mol. The van der Waals surface area contributed by atoms with E-state index in [4.69, 9.17) is 11.6 Å². The van der Waals surface area contributed by atoms with E-state index in [9.17, 15) is 9.18 Å².